The molecule has 2 aromatic carbocycles. The van der Waals surface area contributed by atoms with Crippen molar-refractivity contribution >= 4 is 21.5 Å². The Hall–Kier alpha value is -3.72. The van der Waals surface area contributed by atoms with Crippen LogP contribution >= 0.6 is 0 Å². The summed E-state index contributed by atoms with van der Waals surface area (Å²) in [6.07, 6.45) is 0.782. The Morgan fingerprint density at radius 1 is 1.12 bits per heavy atom. The molecular weight excluding hydrogens is 449 g/mol. The van der Waals surface area contributed by atoms with Crippen LogP contribution in [0, 0.1) is 0 Å². The molecule has 2 aliphatic rings. The number of para-hydroxylation sites is 2. The Balaban J connectivity index is 1.73. The van der Waals surface area contributed by atoms with Crippen LogP contribution in [0.1, 0.15) is 19.8 Å². The van der Waals surface area contributed by atoms with Crippen LogP contribution in [-0.4, -0.2) is 32.3 Å². The van der Waals surface area contributed by atoms with E-state index < -0.39 is 33.0 Å². The van der Waals surface area contributed by atoms with E-state index in [-0.39, 0.29) is 22.5 Å². The average Bonchev–Trinajstić information content (AvgIpc) is 3.08. The molecule has 0 radical (unpaired) electrons. The van der Waals surface area contributed by atoms with E-state index in [1.54, 1.807) is 31.2 Å². The maximum Gasteiger partial charge on any atom is 0.307 e. The predicted molar refractivity (Wildman–Crippen MR) is 120 cm³/mol. The van der Waals surface area contributed by atoms with Gasteiger partial charge in [0, 0.05) is 17.7 Å². The monoisotopic (exact) mass is 469 g/mol. The molecule has 1 aliphatic heterocycles. The van der Waals surface area contributed by atoms with Gasteiger partial charge in [-0.2, -0.15) is 0 Å². The maximum atomic E-state index is 14.9. The highest BCUT2D eigenvalue weighted by molar-refractivity contribution is 7.95. The molecule has 0 amide bonds. The Kier molecular flexibility index (Phi) is 5.90. The number of hydrogen-bond donors (Lipinski definition) is 1. The van der Waals surface area contributed by atoms with E-state index in [4.69, 9.17) is 9.47 Å². The zero-order valence-electron chi connectivity index (χ0n) is 17.8. The molecule has 0 spiro atoms. The van der Waals surface area contributed by atoms with Gasteiger partial charge in [0.15, 0.2) is 11.5 Å². The molecular formula is C24H20FNO6S. The number of methoxy groups -OCH3 is 1. The van der Waals surface area contributed by atoms with Gasteiger partial charge in [-0.3, -0.25) is 9.79 Å². The van der Waals surface area contributed by atoms with Crippen LogP contribution < -0.4 is 9.47 Å². The lowest BCUT2D eigenvalue weighted by Crippen LogP contribution is -2.17. The summed E-state index contributed by atoms with van der Waals surface area (Å²) in [7, 11) is -2.80. The zero-order valence-corrected chi connectivity index (χ0v) is 18.6. The van der Waals surface area contributed by atoms with Gasteiger partial charge < -0.3 is 14.6 Å². The smallest absolute Gasteiger partial charge is 0.307 e. The number of carboxylic acid groups (broad SMARTS) is 1. The highest BCUT2D eigenvalue weighted by Gasteiger charge is 2.37. The summed E-state index contributed by atoms with van der Waals surface area (Å²) in [4.78, 5) is 14.9. The maximum absolute atomic E-state index is 14.9. The van der Waals surface area contributed by atoms with E-state index in [1.807, 2.05) is 0 Å². The molecule has 33 heavy (non-hydrogen) atoms. The van der Waals surface area contributed by atoms with E-state index >= 15 is 0 Å². The molecule has 1 aliphatic carbocycles. The van der Waals surface area contributed by atoms with Gasteiger partial charge in [-0.05, 0) is 55.0 Å². The third-order valence-corrected chi connectivity index (χ3v) is 7.11. The summed E-state index contributed by atoms with van der Waals surface area (Å²) in [5.41, 5.74) is 0.971. The van der Waals surface area contributed by atoms with Crippen LogP contribution in [0.4, 0.5) is 4.39 Å². The first kappa shape index (κ1) is 22.5. The first-order chi connectivity index (χ1) is 15.7. The van der Waals surface area contributed by atoms with Crippen molar-refractivity contribution in [1.29, 1.82) is 0 Å². The number of aliphatic imine (C=N–C) groups is 1. The normalized spacial score (nSPS) is 15.7. The van der Waals surface area contributed by atoms with Crippen LogP contribution in [0.25, 0.3) is 0 Å². The van der Waals surface area contributed by atoms with Crippen molar-refractivity contribution in [2.45, 2.75) is 24.7 Å². The number of hydrogen-bond acceptors (Lipinski definition) is 6. The molecule has 7 nitrogen and oxygen atoms in total. The highest BCUT2D eigenvalue weighted by atomic mass is 32.2. The molecule has 0 atom stereocenters. The standard InChI is InChI=1S/C24H20FNO6S/c1-14-17(13-22(27)28)23-19(26-14)12-11-18(25)24(23)33(29,30)16-9-7-15(8-10-16)32-21-6-4-3-5-20(21)31-2/h3-11H,12-13H2,1-2H3,(H,27,28). The fraction of sp³-hybridized carbons (Fsp3) is 0.167. The summed E-state index contributed by atoms with van der Waals surface area (Å²) in [5.74, 6) is -0.751. The molecule has 0 bridgehead atoms. The number of carboxylic acids is 1. The van der Waals surface area contributed by atoms with Gasteiger partial charge in [-0.25, -0.2) is 12.8 Å². The van der Waals surface area contributed by atoms with E-state index in [2.05, 4.69) is 4.99 Å². The van der Waals surface area contributed by atoms with E-state index in [0.717, 1.165) is 6.08 Å². The third-order valence-electron chi connectivity index (χ3n) is 5.28. The van der Waals surface area contributed by atoms with Gasteiger partial charge in [-0.15, -0.1) is 0 Å². The van der Waals surface area contributed by atoms with E-state index in [1.165, 1.54) is 31.4 Å². The van der Waals surface area contributed by atoms with Crippen LogP contribution in [0.3, 0.4) is 0 Å². The number of halogens is 1. The van der Waals surface area contributed by atoms with E-state index in [0.29, 0.717) is 28.7 Å². The number of aliphatic carboxylic acids is 1. The second-order valence-corrected chi connectivity index (χ2v) is 9.27. The topological polar surface area (TPSA) is 102 Å². The lowest BCUT2D eigenvalue weighted by Gasteiger charge is -2.18. The number of sulfone groups is 1. The summed E-state index contributed by atoms with van der Waals surface area (Å²) < 4.78 is 52.8. The second kappa shape index (κ2) is 8.67. The van der Waals surface area contributed by atoms with Gasteiger partial charge in [0.05, 0.1) is 24.1 Å². The summed E-state index contributed by atoms with van der Waals surface area (Å²) in [6, 6.07) is 12.5. The molecule has 0 aromatic heterocycles. The van der Waals surface area contributed by atoms with Crippen molar-refractivity contribution in [2.75, 3.05) is 7.11 Å². The second-order valence-electron chi connectivity index (χ2n) is 7.38. The minimum atomic E-state index is -4.31. The van der Waals surface area contributed by atoms with Crippen molar-refractivity contribution in [3.05, 3.63) is 82.2 Å². The molecule has 4 rings (SSSR count). The van der Waals surface area contributed by atoms with Gasteiger partial charge >= 0.3 is 5.97 Å². The minimum Gasteiger partial charge on any atom is -0.493 e. The molecule has 1 N–H and O–H groups in total. The molecule has 170 valence electrons. The molecule has 0 saturated heterocycles. The van der Waals surface area contributed by atoms with Crippen LogP contribution in [-0.2, 0) is 14.6 Å². The van der Waals surface area contributed by atoms with E-state index in [9.17, 15) is 22.7 Å². The number of carbonyl (C=O) groups is 1. The van der Waals surface area contributed by atoms with Gasteiger partial charge in [0.1, 0.15) is 16.5 Å². The number of allylic oxidation sites excluding steroid dienone is 4. The molecule has 9 heteroatoms. The van der Waals surface area contributed by atoms with Crippen molar-refractivity contribution in [2.24, 2.45) is 4.99 Å². The third kappa shape index (κ3) is 4.19. The fourth-order valence-electron chi connectivity index (χ4n) is 3.76. The van der Waals surface area contributed by atoms with Gasteiger partial charge in [0.25, 0.3) is 0 Å². The minimum absolute atomic E-state index is 0.0456. The van der Waals surface area contributed by atoms with Crippen LogP contribution in [0.2, 0.25) is 0 Å². The van der Waals surface area contributed by atoms with Crippen molar-refractivity contribution in [3.63, 3.8) is 0 Å². The quantitative estimate of drug-likeness (QED) is 0.614. The summed E-state index contributed by atoms with van der Waals surface area (Å²) in [6.45, 7) is 1.59. The Morgan fingerprint density at radius 2 is 1.79 bits per heavy atom. The molecule has 0 saturated carbocycles. The Bertz CT molecular complexity index is 1370. The summed E-state index contributed by atoms with van der Waals surface area (Å²) >= 11 is 0. The fourth-order valence-corrected chi connectivity index (χ4v) is 5.34. The van der Waals surface area contributed by atoms with Crippen molar-refractivity contribution < 1.29 is 32.2 Å². The number of rotatable bonds is 7. The lowest BCUT2D eigenvalue weighted by atomic mass is 9.94. The van der Waals surface area contributed by atoms with Crippen molar-refractivity contribution in [1.82, 2.24) is 0 Å². The highest BCUT2D eigenvalue weighted by Crippen LogP contribution is 2.42. The number of fused-ring (bicyclic) bond motifs is 1. The molecule has 0 fully saturated rings. The van der Waals surface area contributed by atoms with Gasteiger partial charge in [0.2, 0.25) is 9.84 Å². The Morgan fingerprint density at radius 3 is 2.42 bits per heavy atom. The number of nitrogens with zero attached hydrogens (tertiary/aromatic N) is 1. The largest absolute Gasteiger partial charge is 0.493 e. The summed E-state index contributed by atoms with van der Waals surface area (Å²) in [5, 5.41) is 9.25. The Labute approximate surface area is 190 Å². The lowest BCUT2D eigenvalue weighted by molar-refractivity contribution is -0.136. The molecule has 0 unspecified atom stereocenters. The average molecular weight is 469 g/mol. The molecule has 2 aromatic rings. The SMILES string of the molecule is COc1ccccc1Oc1ccc(S(=O)(=O)C2=C3C(=NC(C)=C3CC(=O)O)CC=C2F)cc1. The molecule has 1 heterocycles. The van der Waals surface area contributed by atoms with Gasteiger partial charge in [-0.1, -0.05) is 12.1 Å². The zero-order chi connectivity index (χ0) is 23.8. The first-order valence-corrected chi connectivity index (χ1v) is 11.5. The number of benzene rings is 2. The van der Waals surface area contributed by atoms with Crippen LogP contribution in [0.15, 0.2) is 92.1 Å². The first-order valence-electron chi connectivity index (χ1n) is 9.98. The predicted octanol–water partition coefficient (Wildman–Crippen LogP) is 4.98. The van der Waals surface area contributed by atoms with Crippen LogP contribution in [0.5, 0.6) is 17.2 Å². The van der Waals surface area contributed by atoms with Crippen molar-refractivity contribution in [3.8, 4) is 17.2 Å². The number of ether oxygens (including phenoxy) is 2.